The average molecular weight is 779 g/mol. The standard InChI is InChI=1S/C50H58N4O4/c1-5-7-9-11-13-15-33-53-47(39-21-17-37(18-22-39)35-51-41-25-29-43(57-3)30-26-41)45-46(49(53)55)48(54(50(45)56)34-16-14-12-10-8-6-2)40-23-19-38(20-24-40)36-52-42-27-31-44(58-4)32-28-42/h17-32,35-36H,5-16,33-34H2,1-4H3. The third-order valence-corrected chi connectivity index (χ3v) is 10.9. The van der Waals surface area contributed by atoms with Crippen LogP contribution >= 0.6 is 0 Å². The number of hydrogen-bond acceptors (Lipinski definition) is 6. The molecule has 0 N–H and O–H groups in total. The molecular formula is C50H58N4O4. The Morgan fingerprint density at radius 2 is 0.810 bits per heavy atom. The van der Waals surface area contributed by atoms with E-state index in [0.29, 0.717) is 35.6 Å². The minimum Gasteiger partial charge on any atom is -0.497 e. The van der Waals surface area contributed by atoms with E-state index in [2.05, 4.69) is 23.8 Å². The fraction of sp³-hybridized carbons (Fsp3) is 0.360. The lowest BCUT2D eigenvalue weighted by Gasteiger charge is -2.25. The zero-order valence-corrected chi connectivity index (χ0v) is 34.7. The summed E-state index contributed by atoms with van der Waals surface area (Å²) in [6.45, 7) is 5.57. The van der Waals surface area contributed by atoms with Crippen molar-refractivity contribution in [3.63, 3.8) is 0 Å². The van der Waals surface area contributed by atoms with E-state index >= 15 is 0 Å². The number of amides is 2. The molecule has 4 aromatic rings. The predicted molar refractivity (Wildman–Crippen MR) is 237 cm³/mol. The summed E-state index contributed by atoms with van der Waals surface area (Å²) in [5.74, 6) is 1.38. The molecule has 0 spiro atoms. The molecule has 0 radical (unpaired) electrons. The summed E-state index contributed by atoms with van der Waals surface area (Å²) in [5, 5.41) is 0. The first-order valence-corrected chi connectivity index (χ1v) is 21.2. The molecule has 0 bridgehead atoms. The number of hydrogen-bond donors (Lipinski definition) is 0. The molecule has 2 aliphatic heterocycles. The molecule has 0 saturated heterocycles. The molecule has 0 unspecified atom stereocenters. The van der Waals surface area contributed by atoms with Gasteiger partial charge in [-0.15, -0.1) is 0 Å². The number of carbonyl (C=O) groups is 2. The lowest BCUT2D eigenvalue weighted by atomic mass is 10.0. The number of ether oxygens (including phenoxy) is 2. The summed E-state index contributed by atoms with van der Waals surface area (Å²) in [6.07, 6.45) is 17.0. The molecule has 8 nitrogen and oxygen atoms in total. The lowest BCUT2D eigenvalue weighted by molar-refractivity contribution is -0.124. The molecule has 2 amide bonds. The maximum Gasteiger partial charge on any atom is 0.261 e. The van der Waals surface area contributed by atoms with E-state index in [4.69, 9.17) is 9.47 Å². The first kappa shape index (κ1) is 41.9. The van der Waals surface area contributed by atoms with E-state index < -0.39 is 0 Å². The summed E-state index contributed by atoms with van der Waals surface area (Å²) in [6, 6.07) is 31.3. The van der Waals surface area contributed by atoms with Crippen LogP contribution in [0, 0.1) is 0 Å². The zero-order chi connectivity index (χ0) is 40.7. The van der Waals surface area contributed by atoms with Gasteiger partial charge in [0.25, 0.3) is 11.8 Å². The van der Waals surface area contributed by atoms with Gasteiger partial charge in [0.1, 0.15) is 11.5 Å². The van der Waals surface area contributed by atoms with Crippen molar-refractivity contribution in [2.45, 2.75) is 90.9 Å². The molecule has 4 aromatic carbocycles. The Morgan fingerprint density at radius 3 is 1.16 bits per heavy atom. The van der Waals surface area contributed by atoms with Crippen molar-refractivity contribution in [1.29, 1.82) is 0 Å². The second-order valence-corrected chi connectivity index (χ2v) is 15.1. The smallest absolute Gasteiger partial charge is 0.261 e. The largest absolute Gasteiger partial charge is 0.497 e. The predicted octanol–water partition coefficient (Wildman–Crippen LogP) is 11.7. The molecule has 302 valence electrons. The van der Waals surface area contributed by atoms with Crippen LogP contribution in [0.1, 0.15) is 113 Å². The molecule has 58 heavy (non-hydrogen) atoms. The summed E-state index contributed by atoms with van der Waals surface area (Å²) in [5.41, 5.74) is 7.65. The second kappa shape index (κ2) is 21.1. The van der Waals surface area contributed by atoms with Crippen LogP contribution in [-0.4, -0.2) is 61.4 Å². The van der Waals surface area contributed by atoms with Gasteiger partial charge >= 0.3 is 0 Å². The fourth-order valence-corrected chi connectivity index (χ4v) is 7.61. The normalized spacial score (nSPS) is 14.2. The molecule has 8 heteroatoms. The van der Waals surface area contributed by atoms with Gasteiger partial charge in [-0.1, -0.05) is 127 Å². The van der Waals surface area contributed by atoms with Crippen LogP contribution in [0.5, 0.6) is 11.5 Å². The van der Waals surface area contributed by atoms with Gasteiger partial charge < -0.3 is 19.3 Å². The summed E-state index contributed by atoms with van der Waals surface area (Å²) >= 11 is 0. The first-order chi connectivity index (χ1) is 28.4. The van der Waals surface area contributed by atoms with Gasteiger partial charge in [-0.2, -0.15) is 0 Å². The van der Waals surface area contributed by atoms with Crippen LogP contribution in [-0.2, 0) is 9.59 Å². The number of rotatable bonds is 22. The van der Waals surface area contributed by atoms with Crippen molar-refractivity contribution in [3.8, 4) is 11.5 Å². The molecule has 0 aliphatic carbocycles. The van der Waals surface area contributed by atoms with Crippen molar-refractivity contribution < 1.29 is 19.1 Å². The van der Waals surface area contributed by atoms with Gasteiger partial charge in [0.2, 0.25) is 0 Å². The fourth-order valence-electron chi connectivity index (χ4n) is 7.61. The highest BCUT2D eigenvalue weighted by Gasteiger charge is 2.48. The van der Waals surface area contributed by atoms with Gasteiger partial charge in [-0.3, -0.25) is 19.6 Å². The quantitative estimate of drug-likeness (QED) is 0.0587. The molecule has 0 aromatic heterocycles. The molecule has 0 atom stereocenters. The van der Waals surface area contributed by atoms with E-state index in [1.807, 2.05) is 119 Å². The van der Waals surface area contributed by atoms with Gasteiger partial charge in [0, 0.05) is 25.5 Å². The third kappa shape index (κ3) is 10.4. The molecule has 2 aliphatic rings. The van der Waals surface area contributed by atoms with Crippen LogP contribution in [0.2, 0.25) is 0 Å². The van der Waals surface area contributed by atoms with Gasteiger partial charge in [-0.05, 0) is 83.6 Å². The van der Waals surface area contributed by atoms with Crippen molar-refractivity contribution in [2.24, 2.45) is 9.98 Å². The van der Waals surface area contributed by atoms with Crippen LogP contribution in [0.4, 0.5) is 11.4 Å². The van der Waals surface area contributed by atoms with Gasteiger partial charge in [0.15, 0.2) is 0 Å². The van der Waals surface area contributed by atoms with Crippen LogP contribution in [0.3, 0.4) is 0 Å². The number of benzene rings is 4. The minimum absolute atomic E-state index is 0.0948. The van der Waals surface area contributed by atoms with Crippen molar-refractivity contribution in [3.05, 3.63) is 130 Å². The van der Waals surface area contributed by atoms with Crippen molar-refractivity contribution in [1.82, 2.24) is 9.80 Å². The molecule has 0 fully saturated rings. The van der Waals surface area contributed by atoms with Crippen LogP contribution in [0.25, 0.3) is 11.4 Å². The van der Waals surface area contributed by atoms with E-state index in [-0.39, 0.29) is 11.8 Å². The monoisotopic (exact) mass is 778 g/mol. The highest BCUT2D eigenvalue weighted by molar-refractivity contribution is 6.30. The molecular weight excluding hydrogens is 721 g/mol. The Kier molecular flexibility index (Phi) is 15.2. The summed E-state index contributed by atoms with van der Waals surface area (Å²) < 4.78 is 10.6. The number of unbranched alkanes of at least 4 members (excludes halogenated alkanes) is 10. The van der Waals surface area contributed by atoms with Gasteiger partial charge in [0.05, 0.1) is 48.1 Å². The molecule has 2 heterocycles. The Balaban J connectivity index is 1.34. The third-order valence-electron chi connectivity index (χ3n) is 10.9. The zero-order valence-electron chi connectivity index (χ0n) is 34.7. The maximum absolute atomic E-state index is 14.8. The Bertz CT molecular complexity index is 1940. The summed E-state index contributed by atoms with van der Waals surface area (Å²) in [4.78, 5) is 42.6. The highest BCUT2D eigenvalue weighted by Crippen LogP contribution is 2.47. The molecule has 6 rings (SSSR count). The maximum atomic E-state index is 14.8. The van der Waals surface area contributed by atoms with E-state index in [1.54, 1.807) is 14.2 Å². The molecule has 0 saturated carbocycles. The topological polar surface area (TPSA) is 83.8 Å². The minimum atomic E-state index is -0.0948. The Morgan fingerprint density at radius 1 is 0.466 bits per heavy atom. The van der Waals surface area contributed by atoms with Crippen molar-refractivity contribution in [2.75, 3.05) is 27.3 Å². The van der Waals surface area contributed by atoms with E-state index in [0.717, 1.165) is 83.7 Å². The highest BCUT2D eigenvalue weighted by atomic mass is 16.5. The lowest BCUT2D eigenvalue weighted by Crippen LogP contribution is -2.31. The van der Waals surface area contributed by atoms with Crippen LogP contribution in [0.15, 0.2) is 118 Å². The van der Waals surface area contributed by atoms with E-state index in [9.17, 15) is 9.59 Å². The number of nitrogens with zero attached hydrogens (tertiary/aromatic N) is 4. The van der Waals surface area contributed by atoms with Crippen molar-refractivity contribution >= 4 is 47.0 Å². The first-order valence-electron chi connectivity index (χ1n) is 21.2. The average Bonchev–Trinajstić information content (AvgIpc) is 3.71. The number of methoxy groups -OCH3 is 2. The Labute approximate surface area is 345 Å². The number of fused-ring (bicyclic) bond motifs is 1. The summed E-state index contributed by atoms with van der Waals surface area (Å²) in [7, 11) is 3.29. The van der Waals surface area contributed by atoms with Gasteiger partial charge in [-0.25, -0.2) is 0 Å². The SMILES string of the molecule is CCCCCCCCN1C(=O)C2=C(c3ccc(C=Nc4ccc(OC)cc4)cc3)N(CCCCCCCC)C(=O)C2=C1c1ccc(C=Nc2ccc(OC)cc2)cc1. The Hall–Kier alpha value is -5.76. The number of carbonyl (C=O) groups excluding carboxylic acids is 2. The van der Waals surface area contributed by atoms with Crippen LogP contribution < -0.4 is 9.47 Å². The second-order valence-electron chi connectivity index (χ2n) is 15.1. The number of aliphatic imine (C=N–C) groups is 2. The van der Waals surface area contributed by atoms with E-state index in [1.165, 1.54) is 38.5 Å².